The molecule has 19 heavy (non-hydrogen) atoms. The van der Waals surface area contributed by atoms with Gasteiger partial charge in [-0.3, -0.25) is 5.43 Å². The van der Waals surface area contributed by atoms with Crippen molar-refractivity contribution in [3.63, 3.8) is 0 Å². The van der Waals surface area contributed by atoms with Crippen LogP contribution in [0.15, 0.2) is 24.3 Å². The zero-order valence-electron chi connectivity index (χ0n) is 10.5. The van der Waals surface area contributed by atoms with Gasteiger partial charge < -0.3 is 0 Å². The Labute approximate surface area is 115 Å². The van der Waals surface area contributed by atoms with Crippen LogP contribution >= 0.6 is 11.6 Å². The van der Waals surface area contributed by atoms with Crippen LogP contribution in [0.4, 0.5) is 13.2 Å². The third-order valence-corrected chi connectivity index (χ3v) is 3.83. The zero-order valence-corrected chi connectivity index (χ0v) is 11.3. The molecule has 2 N–H and O–H groups in total. The van der Waals surface area contributed by atoms with Crippen LogP contribution in [-0.4, -0.2) is 12.7 Å². The first-order valence-electron chi connectivity index (χ1n) is 6.16. The van der Waals surface area contributed by atoms with E-state index in [4.69, 9.17) is 11.6 Å². The largest absolute Gasteiger partial charge is 0.391 e. The van der Waals surface area contributed by atoms with Crippen molar-refractivity contribution in [2.75, 3.05) is 6.54 Å². The van der Waals surface area contributed by atoms with Crippen LogP contribution in [0.2, 0.25) is 5.02 Å². The third-order valence-electron chi connectivity index (χ3n) is 3.60. The summed E-state index contributed by atoms with van der Waals surface area (Å²) in [6, 6.07) is 7.02. The fraction of sp³-hybridized carbons (Fsp3) is 0.538. The Balaban J connectivity index is 2.28. The van der Waals surface area contributed by atoms with Gasteiger partial charge in [-0.2, -0.15) is 13.2 Å². The van der Waals surface area contributed by atoms with Crippen molar-refractivity contribution >= 4 is 11.6 Å². The van der Waals surface area contributed by atoms with Crippen LogP contribution in [0.25, 0.3) is 0 Å². The molecular formula is C13H16ClF3N2. The van der Waals surface area contributed by atoms with E-state index in [0.29, 0.717) is 18.0 Å². The Morgan fingerprint density at radius 3 is 2.68 bits per heavy atom. The maximum Gasteiger partial charge on any atom is 0.391 e. The van der Waals surface area contributed by atoms with Crippen molar-refractivity contribution in [1.82, 2.24) is 10.9 Å². The van der Waals surface area contributed by atoms with E-state index in [2.05, 4.69) is 10.9 Å². The van der Waals surface area contributed by atoms with E-state index in [1.807, 2.05) is 6.07 Å². The second-order valence-corrected chi connectivity index (χ2v) is 5.48. The molecule has 1 aromatic rings. The van der Waals surface area contributed by atoms with Gasteiger partial charge in [-0.05, 0) is 30.5 Å². The predicted octanol–water partition coefficient (Wildman–Crippen LogP) is 3.62. The van der Waals surface area contributed by atoms with Crippen LogP contribution in [0, 0.1) is 5.92 Å². The molecule has 0 aliphatic carbocycles. The lowest BCUT2D eigenvalue weighted by Crippen LogP contribution is -2.44. The van der Waals surface area contributed by atoms with Crippen LogP contribution in [0.3, 0.4) is 0 Å². The van der Waals surface area contributed by atoms with Gasteiger partial charge in [-0.15, -0.1) is 0 Å². The highest BCUT2D eigenvalue weighted by atomic mass is 35.5. The minimum Gasteiger partial charge on any atom is -0.257 e. The monoisotopic (exact) mass is 292 g/mol. The molecule has 1 aliphatic heterocycles. The first kappa shape index (κ1) is 14.6. The molecule has 1 aromatic carbocycles. The summed E-state index contributed by atoms with van der Waals surface area (Å²) in [5.41, 5.74) is 6.02. The topological polar surface area (TPSA) is 24.1 Å². The van der Waals surface area contributed by atoms with E-state index in [9.17, 15) is 13.2 Å². The second kappa shape index (κ2) is 5.31. The summed E-state index contributed by atoms with van der Waals surface area (Å²) in [5.74, 6) is -1.38. The number of hydrogen-bond donors (Lipinski definition) is 2. The number of benzene rings is 1. The van der Waals surface area contributed by atoms with Crippen molar-refractivity contribution in [3.8, 4) is 0 Å². The van der Waals surface area contributed by atoms with E-state index in [0.717, 1.165) is 5.56 Å². The van der Waals surface area contributed by atoms with E-state index in [-0.39, 0.29) is 6.42 Å². The summed E-state index contributed by atoms with van der Waals surface area (Å²) in [6.07, 6.45) is -3.59. The lowest BCUT2D eigenvalue weighted by Gasteiger charge is -2.33. The number of nitrogens with one attached hydrogen (secondary N) is 2. The van der Waals surface area contributed by atoms with Crippen molar-refractivity contribution < 1.29 is 13.2 Å². The van der Waals surface area contributed by atoms with Gasteiger partial charge in [0.1, 0.15) is 0 Å². The normalized spacial score (nSPS) is 25.5. The number of hydrazine groups is 1. The Kier molecular flexibility index (Phi) is 4.08. The van der Waals surface area contributed by atoms with E-state index in [1.165, 1.54) is 6.92 Å². The summed E-state index contributed by atoms with van der Waals surface area (Å²) >= 11 is 5.94. The maximum atomic E-state index is 12.8. The molecule has 1 saturated heterocycles. The Hall–Kier alpha value is -0.780. The Morgan fingerprint density at radius 1 is 1.42 bits per heavy atom. The minimum atomic E-state index is -4.18. The molecule has 2 atom stereocenters. The highest BCUT2D eigenvalue weighted by Crippen LogP contribution is 2.40. The smallest absolute Gasteiger partial charge is 0.257 e. The van der Waals surface area contributed by atoms with Gasteiger partial charge in [0, 0.05) is 11.6 Å². The average molecular weight is 293 g/mol. The molecule has 1 fully saturated rings. The molecule has 0 bridgehead atoms. The van der Waals surface area contributed by atoms with Crippen molar-refractivity contribution in [3.05, 3.63) is 34.9 Å². The number of rotatable bonds is 3. The van der Waals surface area contributed by atoms with Gasteiger partial charge >= 0.3 is 6.18 Å². The van der Waals surface area contributed by atoms with Crippen LogP contribution in [0.1, 0.15) is 25.3 Å². The summed E-state index contributed by atoms with van der Waals surface area (Å²) < 4.78 is 38.4. The molecule has 106 valence electrons. The maximum absolute atomic E-state index is 12.8. The molecule has 0 radical (unpaired) electrons. The molecule has 1 aliphatic rings. The lowest BCUT2D eigenvalue weighted by molar-refractivity contribution is -0.175. The van der Waals surface area contributed by atoms with Crippen LogP contribution in [0.5, 0.6) is 0 Å². The quantitative estimate of drug-likeness (QED) is 0.889. The molecule has 0 spiro atoms. The SMILES string of the molecule is C[C@H](CC1(c2cccc(Cl)c2)CCNN1)C(F)(F)F. The standard InChI is InChI=1S/C13H16ClF3N2/c1-9(13(15,16)17)8-12(5-6-18-19-12)10-3-2-4-11(14)7-10/h2-4,7,9,18-19H,5-6,8H2,1H3/t9-,12?/m1/s1. The number of hydrogen-bond acceptors (Lipinski definition) is 2. The van der Waals surface area contributed by atoms with Crippen LogP contribution in [-0.2, 0) is 5.54 Å². The fourth-order valence-electron chi connectivity index (χ4n) is 2.48. The molecule has 2 rings (SSSR count). The second-order valence-electron chi connectivity index (χ2n) is 5.04. The Morgan fingerprint density at radius 2 is 2.16 bits per heavy atom. The van der Waals surface area contributed by atoms with E-state index in [1.54, 1.807) is 18.2 Å². The van der Waals surface area contributed by atoms with Gasteiger partial charge in [0.05, 0.1) is 11.5 Å². The van der Waals surface area contributed by atoms with Gasteiger partial charge in [0.15, 0.2) is 0 Å². The minimum absolute atomic E-state index is 0.0101. The van der Waals surface area contributed by atoms with E-state index >= 15 is 0 Å². The molecule has 1 heterocycles. The first-order valence-corrected chi connectivity index (χ1v) is 6.54. The molecule has 0 amide bonds. The molecule has 1 unspecified atom stereocenters. The molecule has 6 heteroatoms. The predicted molar refractivity (Wildman–Crippen MR) is 68.7 cm³/mol. The molecule has 2 nitrogen and oxygen atoms in total. The number of halogens is 4. The van der Waals surface area contributed by atoms with Crippen molar-refractivity contribution in [1.29, 1.82) is 0 Å². The zero-order chi connectivity index (χ0) is 14.1. The molecule has 0 aromatic heterocycles. The number of alkyl halides is 3. The summed E-state index contributed by atoms with van der Waals surface area (Å²) in [7, 11) is 0. The Bertz CT molecular complexity index is 442. The van der Waals surface area contributed by atoms with Crippen molar-refractivity contribution in [2.45, 2.75) is 31.5 Å². The van der Waals surface area contributed by atoms with Gasteiger partial charge in [0.2, 0.25) is 0 Å². The lowest BCUT2D eigenvalue weighted by atomic mass is 9.80. The summed E-state index contributed by atoms with van der Waals surface area (Å²) in [5, 5.41) is 0.533. The summed E-state index contributed by atoms with van der Waals surface area (Å²) in [4.78, 5) is 0. The third kappa shape index (κ3) is 3.22. The van der Waals surface area contributed by atoms with E-state index < -0.39 is 17.6 Å². The molecular weight excluding hydrogens is 277 g/mol. The molecule has 0 saturated carbocycles. The highest BCUT2D eigenvalue weighted by Gasteiger charge is 2.44. The summed E-state index contributed by atoms with van der Waals surface area (Å²) in [6.45, 7) is 1.85. The van der Waals surface area contributed by atoms with Gasteiger partial charge in [0.25, 0.3) is 0 Å². The first-order chi connectivity index (χ1) is 8.83. The highest BCUT2D eigenvalue weighted by molar-refractivity contribution is 6.30. The van der Waals surface area contributed by atoms with Crippen LogP contribution < -0.4 is 10.9 Å². The fourth-order valence-corrected chi connectivity index (χ4v) is 2.67. The van der Waals surface area contributed by atoms with Gasteiger partial charge in [-0.1, -0.05) is 30.7 Å². The van der Waals surface area contributed by atoms with Crippen molar-refractivity contribution in [2.24, 2.45) is 5.92 Å². The van der Waals surface area contributed by atoms with Gasteiger partial charge in [-0.25, -0.2) is 5.43 Å². The average Bonchev–Trinajstić information content (AvgIpc) is 2.77.